The first-order valence-electron chi connectivity index (χ1n) is 5.31. The van der Waals surface area contributed by atoms with Crippen LogP contribution in [0.1, 0.15) is 34.1 Å². The van der Waals surface area contributed by atoms with Crippen LogP contribution in [0.15, 0.2) is 0 Å². The Morgan fingerprint density at radius 3 is 2.19 bits per heavy atom. The number of amides is 1. The maximum Gasteiger partial charge on any atom is 0.408 e. The van der Waals surface area contributed by atoms with Crippen LogP contribution in [0.4, 0.5) is 4.79 Å². The van der Waals surface area contributed by atoms with Crippen LogP contribution in [0.2, 0.25) is 0 Å². The fourth-order valence-corrected chi connectivity index (χ4v) is 1.60. The first kappa shape index (κ1) is 12.8. The summed E-state index contributed by atoms with van der Waals surface area (Å²) in [6, 6.07) is 0. The van der Waals surface area contributed by atoms with Gasteiger partial charge in [0, 0.05) is 0 Å². The van der Waals surface area contributed by atoms with Gasteiger partial charge in [-0.15, -0.1) is 0 Å². The number of ether oxygens (including phenoxy) is 2. The first-order chi connectivity index (χ1) is 7.21. The molecule has 1 amide bonds. The zero-order valence-electron chi connectivity index (χ0n) is 10.4. The predicted molar refractivity (Wildman–Crippen MR) is 57.9 cm³/mol. The molecular weight excluding hydrogens is 210 g/mol. The second kappa shape index (κ2) is 3.96. The van der Waals surface area contributed by atoms with E-state index in [-0.39, 0.29) is 5.92 Å². The Balaban J connectivity index is 2.59. The van der Waals surface area contributed by atoms with Crippen LogP contribution >= 0.6 is 0 Å². The fourth-order valence-electron chi connectivity index (χ4n) is 1.60. The highest BCUT2D eigenvalue weighted by Crippen LogP contribution is 2.44. The lowest BCUT2D eigenvalue weighted by Gasteiger charge is -2.22. The van der Waals surface area contributed by atoms with E-state index in [4.69, 9.17) is 4.74 Å². The number of carbonyl (C=O) groups is 2. The van der Waals surface area contributed by atoms with Crippen molar-refractivity contribution < 1.29 is 19.1 Å². The van der Waals surface area contributed by atoms with Crippen molar-refractivity contribution in [3.05, 3.63) is 0 Å². The molecule has 1 unspecified atom stereocenters. The summed E-state index contributed by atoms with van der Waals surface area (Å²) in [5.74, 6) is -0.321. The van der Waals surface area contributed by atoms with Crippen molar-refractivity contribution in [1.29, 1.82) is 0 Å². The minimum atomic E-state index is -0.878. The number of nitrogens with one attached hydrogen (secondary N) is 1. The van der Waals surface area contributed by atoms with Crippen LogP contribution in [-0.2, 0) is 14.3 Å². The largest absolute Gasteiger partial charge is 0.467 e. The van der Waals surface area contributed by atoms with Gasteiger partial charge in [0.25, 0.3) is 0 Å². The third-order valence-corrected chi connectivity index (χ3v) is 2.58. The molecule has 1 aliphatic rings. The van der Waals surface area contributed by atoms with Gasteiger partial charge in [0.05, 0.1) is 7.11 Å². The van der Waals surface area contributed by atoms with Gasteiger partial charge in [-0.1, -0.05) is 6.92 Å². The highest BCUT2D eigenvalue weighted by molar-refractivity contribution is 5.89. The number of hydrogen-bond donors (Lipinski definition) is 1. The Labute approximate surface area is 95.5 Å². The van der Waals surface area contributed by atoms with E-state index in [0.717, 1.165) is 0 Å². The van der Waals surface area contributed by atoms with Gasteiger partial charge in [0.1, 0.15) is 11.1 Å². The van der Waals surface area contributed by atoms with Crippen molar-refractivity contribution in [2.45, 2.75) is 45.3 Å². The van der Waals surface area contributed by atoms with Gasteiger partial charge in [-0.2, -0.15) is 0 Å². The van der Waals surface area contributed by atoms with Crippen LogP contribution in [0.25, 0.3) is 0 Å². The molecular formula is C11H19NO4. The average molecular weight is 229 g/mol. The summed E-state index contributed by atoms with van der Waals surface area (Å²) < 4.78 is 9.77. The average Bonchev–Trinajstić information content (AvgIpc) is 2.72. The zero-order valence-corrected chi connectivity index (χ0v) is 10.4. The molecule has 0 bridgehead atoms. The van der Waals surface area contributed by atoms with E-state index in [2.05, 4.69) is 10.1 Å². The fraction of sp³-hybridized carbons (Fsp3) is 0.818. The summed E-state index contributed by atoms with van der Waals surface area (Å²) in [4.78, 5) is 23.1. The van der Waals surface area contributed by atoms with E-state index in [1.807, 2.05) is 6.92 Å². The molecule has 0 spiro atoms. The molecule has 0 heterocycles. The van der Waals surface area contributed by atoms with Gasteiger partial charge in [0.15, 0.2) is 0 Å². The van der Waals surface area contributed by atoms with Gasteiger partial charge in [-0.3, -0.25) is 0 Å². The minimum absolute atomic E-state index is 0.0902. The molecule has 0 aliphatic heterocycles. The van der Waals surface area contributed by atoms with E-state index < -0.39 is 23.2 Å². The first-order valence-corrected chi connectivity index (χ1v) is 5.31. The molecule has 1 fully saturated rings. The molecule has 0 aromatic heterocycles. The molecule has 92 valence electrons. The van der Waals surface area contributed by atoms with Crippen LogP contribution in [0.5, 0.6) is 0 Å². The second-order valence-electron chi connectivity index (χ2n) is 5.19. The molecule has 0 aromatic rings. The van der Waals surface area contributed by atoms with Gasteiger partial charge in [0.2, 0.25) is 0 Å². The molecule has 1 rings (SSSR count). The normalized spacial score (nSPS) is 28.2. The summed E-state index contributed by atoms with van der Waals surface area (Å²) in [5.41, 5.74) is -1.45. The summed E-state index contributed by atoms with van der Waals surface area (Å²) >= 11 is 0. The lowest BCUT2D eigenvalue weighted by molar-refractivity contribution is -0.144. The molecule has 5 nitrogen and oxygen atoms in total. The molecule has 1 saturated carbocycles. The minimum Gasteiger partial charge on any atom is -0.467 e. The Hall–Kier alpha value is -1.26. The van der Waals surface area contributed by atoms with Crippen molar-refractivity contribution in [2.24, 2.45) is 5.92 Å². The van der Waals surface area contributed by atoms with E-state index in [0.29, 0.717) is 6.42 Å². The Bertz CT molecular complexity index is 308. The van der Waals surface area contributed by atoms with Crippen molar-refractivity contribution in [1.82, 2.24) is 5.32 Å². The predicted octanol–water partition coefficient (Wildman–Crippen LogP) is 1.46. The molecule has 2 atom stereocenters. The maximum absolute atomic E-state index is 11.5. The van der Waals surface area contributed by atoms with Gasteiger partial charge in [-0.05, 0) is 33.1 Å². The number of rotatable bonds is 2. The zero-order chi connectivity index (χ0) is 12.6. The molecule has 16 heavy (non-hydrogen) atoms. The quantitative estimate of drug-likeness (QED) is 0.728. The summed E-state index contributed by atoms with van der Waals surface area (Å²) in [6.45, 7) is 7.20. The topological polar surface area (TPSA) is 64.6 Å². The lowest BCUT2D eigenvalue weighted by Crippen LogP contribution is -2.47. The lowest BCUT2D eigenvalue weighted by atomic mass is 10.2. The van der Waals surface area contributed by atoms with Gasteiger partial charge >= 0.3 is 12.1 Å². The van der Waals surface area contributed by atoms with E-state index in [9.17, 15) is 9.59 Å². The van der Waals surface area contributed by atoms with Gasteiger partial charge < -0.3 is 14.8 Å². The maximum atomic E-state index is 11.5. The van der Waals surface area contributed by atoms with E-state index >= 15 is 0 Å². The SMILES string of the molecule is COC(=O)C1(NC(=O)OC(C)(C)C)C[C@H]1C. The standard InChI is InChI=1S/C11H19NO4/c1-7-6-11(7,8(13)15-5)12-9(14)16-10(2,3)4/h7H,6H2,1-5H3,(H,12,14)/t7-,11?/m1/s1. The monoisotopic (exact) mass is 229 g/mol. The molecule has 1 N–H and O–H groups in total. The molecule has 0 aromatic carbocycles. The Morgan fingerprint density at radius 2 is 1.88 bits per heavy atom. The molecule has 5 heteroatoms. The van der Waals surface area contributed by atoms with Gasteiger partial charge in [-0.25, -0.2) is 9.59 Å². The molecule has 0 radical (unpaired) electrons. The van der Waals surface area contributed by atoms with Crippen molar-refractivity contribution >= 4 is 12.1 Å². The second-order valence-corrected chi connectivity index (χ2v) is 5.19. The van der Waals surface area contributed by atoms with Crippen LogP contribution in [-0.4, -0.2) is 30.3 Å². The number of esters is 1. The van der Waals surface area contributed by atoms with Crippen LogP contribution in [0, 0.1) is 5.92 Å². The van der Waals surface area contributed by atoms with Crippen LogP contribution in [0.3, 0.4) is 0 Å². The van der Waals surface area contributed by atoms with Crippen LogP contribution < -0.4 is 5.32 Å². The van der Waals surface area contributed by atoms with Crippen molar-refractivity contribution in [2.75, 3.05) is 7.11 Å². The smallest absolute Gasteiger partial charge is 0.408 e. The summed E-state index contributed by atoms with van der Waals surface area (Å²) in [5, 5.41) is 2.59. The highest BCUT2D eigenvalue weighted by atomic mass is 16.6. The Morgan fingerprint density at radius 1 is 1.38 bits per heavy atom. The third-order valence-electron chi connectivity index (χ3n) is 2.58. The highest BCUT2D eigenvalue weighted by Gasteiger charge is 2.60. The third kappa shape index (κ3) is 2.65. The molecule has 0 saturated heterocycles. The number of alkyl carbamates (subject to hydrolysis) is 1. The summed E-state index contributed by atoms with van der Waals surface area (Å²) in [7, 11) is 1.31. The van der Waals surface area contributed by atoms with E-state index in [1.165, 1.54) is 7.11 Å². The Kier molecular flexibility index (Phi) is 3.17. The number of hydrogen-bond acceptors (Lipinski definition) is 4. The molecule has 1 aliphatic carbocycles. The number of methoxy groups -OCH3 is 1. The van der Waals surface area contributed by atoms with Crippen molar-refractivity contribution in [3.63, 3.8) is 0 Å². The van der Waals surface area contributed by atoms with Crippen molar-refractivity contribution in [3.8, 4) is 0 Å². The van der Waals surface area contributed by atoms with E-state index in [1.54, 1.807) is 20.8 Å². The number of carbonyl (C=O) groups excluding carboxylic acids is 2. The summed E-state index contributed by atoms with van der Waals surface area (Å²) in [6.07, 6.45) is 0.0149.